The Morgan fingerprint density at radius 1 is 1.08 bits per heavy atom. The second-order valence-electron chi connectivity index (χ2n) is 5.83. The summed E-state index contributed by atoms with van der Waals surface area (Å²) in [7, 11) is 1.58. The van der Waals surface area contributed by atoms with Crippen molar-refractivity contribution < 1.29 is 9.15 Å². The average molecular weight is 348 g/mol. The number of rotatable bonds is 2. The summed E-state index contributed by atoms with van der Waals surface area (Å²) in [6, 6.07) is 13.7. The molecule has 2 heterocycles. The maximum Gasteiger partial charge on any atom is 0.342 e. The fourth-order valence-corrected chi connectivity index (χ4v) is 3.12. The Kier molecular flexibility index (Phi) is 3.69. The van der Waals surface area contributed by atoms with E-state index in [-0.39, 0.29) is 11.8 Å². The predicted molar refractivity (Wildman–Crippen MR) is 99.7 cm³/mol. The van der Waals surface area contributed by atoms with Gasteiger partial charge >= 0.3 is 5.63 Å². The van der Waals surface area contributed by atoms with Gasteiger partial charge in [-0.2, -0.15) is 4.99 Å². The fourth-order valence-electron chi connectivity index (χ4n) is 3.12. The van der Waals surface area contributed by atoms with Crippen LogP contribution < -0.4 is 21.8 Å². The SMILES string of the molecule is COc1ccc(C2N=C(N)N=C(N)c3c2c(=O)oc2ccccc32)cc1. The maximum atomic E-state index is 12.8. The zero-order chi connectivity index (χ0) is 18.3. The van der Waals surface area contributed by atoms with Gasteiger partial charge in [-0.15, -0.1) is 0 Å². The number of hydrogen-bond donors (Lipinski definition) is 2. The molecule has 7 heteroatoms. The third-order valence-corrected chi connectivity index (χ3v) is 4.31. The number of para-hydroxylation sites is 1. The lowest BCUT2D eigenvalue weighted by Crippen LogP contribution is -2.23. The minimum atomic E-state index is -0.679. The third kappa shape index (κ3) is 2.50. The van der Waals surface area contributed by atoms with Crippen molar-refractivity contribution in [3.63, 3.8) is 0 Å². The highest BCUT2D eigenvalue weighted by atomic mass is 16.5. The van der Waals surface area contributed by atoms with Gasteiger partial charge in [0, 0.05) is 10.9 Å². The van der Waals surface area contributed by atoms with Crippen molar-refractivity contribution in [2.24, 2.45) is 21.5 Å². The summed E-state index contributed by atoms with van der Waals surface area (Å²) >= 11 is 0. The first kappa shape index (κ1) is 15.9. The monoisotopic (exact) mass is 348 g/mol. The van der Waals surface area contributed by atoms with E-state index in [9.17, 15) is 4.79 Å². The van der Waals surface area contributed by atoms with Crippen LogP contribution in [0.3, 0.4) is 0 Å². The summed E-state index contributed by atoms with van der Waals surface area (Å²) in [6.07, 6.45) is 0. The minimum absolute atomic E-state index is 0.00278. The molecular weight excluding hydrogens is 332 g/mol. The Morgan fingerprint density at radius 3 is 2.54 bits per heavy atom. The number of hydrogen-bond acceptors (Lipinski definition) is 7. The molecule has 0 amide bonds. The van der Waals surface area contributed by atoms with Crippen LogP contribution in [0.4, 0.5) is 0 Å². The second kappa shape index (κ2) is 6.03. The van der Waals surface area contributed by atoms with Crippen molar-refractivity contribution in [2.45, 2.75) is 6.04 Å². The van der Waals surface area contributed by atoms with Gasteiger partial charge in [0.25, 0.3) is 0 Å². The third-order valence-electron chi connectivity index (χ3n) is 4.31. The smallest absolute Gasteiger partial charge is 0.342 e. The molecule has 2 aromatic carbocycles. The summed E-state index contributed by atoms with van der Waals surface area (Å²) in [5.74, 6) is 0.838. The van der Waals surface area contributed by atoms with Crippen molar-refractivity contribution in [3.05, 3.63) is 75.6 Å². The largest absolute Gasteiger partial charge is 0.497 e. The highest BCUT2D eigenvalue weighted by molar-refractivity contribution is 6.13. The zero-order valence-corrected chi connectivity index (χ0v) is 14.0. The Hall–Kier alpha value is -3.61. The van der Waals surface area contributed by atoms with E-state index in [2.05, 4.69) is 9.98 Å². The van der Waals surface area contributed by atoms with Crippen molar-refractivity contribution in [1.29, 1.82) is 0 Å². The first-order chi connectivity index (χ1) is 12.6. The lowest BCUT2D eigenvalue weighted by Gasteiger charge is -2.15. The number of methoxy groups -OCH3 is 1. The van der Waals surface area contributed by atoms with E-state index in [4.69, 9.17) is 20.6 Å². The molecule has 0 bridgehead atoms. The van der Waals surface area contributed by atoms with Gasteiger partial charge in [-0.25, -0.2) is 9.79 Å². The van der Waals surface area contributed by atoms with Gasteiger partial charge in [-0.05, 0) is 23.8 Å². The summed E-state index contributed by atoms with van der Waals surface area (Å²) < 4.78 is 10.7. The van der Waals surface area contributed by atoms with Crippen molar-refractivity contribution in [3.8, 4) is 5.75 Å². The normalized spacial score (nSPS) is 16.4. The number of amidine groups is 1. The van der Waals surface area contributed by atoms with E-state index >= 15 is 0 Å². The molecule has 0 spiro atoms. The molecule has 0 saturated heterocycles. The van der Waals surface area contributed by atoms with Gasteiger partial charge in [-0.1, -0.05) is 30.3 Å². The number of nitrogens with zero attached hydrogens (tertiary/aromatic N) is 2. The number of fused-ring (bicyclic) bond motifs is 3. The van der Waals surface area contributed by atoms with Gasteiger partial charge in [-0.3, -0.25) is 0 Å². The zero-order valence-electron chi connectivity index (χ0n) is 14.0. The highest BCUT2D eigenvalue weighted by Crippen LogP contribution is 2.32. The lowest BCUT2D eigenvalue weighted by molar-refractivity contribution is 0.414. The molecule has 0 radical (unpaired) electrons. The number of aliphatic imine (C=N–C) groups is 2. The van der Waals surface area contributed by atoms with Crippen LogP contribution in [0.5, 0.6) is 5.75 Å². The van der Waals surface area contributed by atoms with E-state index in [1.165, 1.54) is 0 Å². The van der Waals surface area contributed by atoms with E-state index in [1.807, 2.05) is 24.3 Å². The molecule has 0 fully saturated rings. The van der Waals surface area contributed by atoms with Crippen LogP contribution in [0, 0.1) is 0 Å². The van der Waals surface area contributed by atoms with Gasteiger partial charge in [0.1, 0.15) is 23.2 Å². The van der Waals surface area contributed by atoms with Crippen LogP contribution >= 0.6 is 0 Å². The van der Waals surface area contributed by atoms with Crippen LogP contribution in [0.2, 0.25) is 0 Å². The second-order valence-corrected chi connectivity index (χ2v) is 5.83. The fraction of sp³-hybridized carbons (Fsp3) is 0.105. The topological polar surface area (TPSA) is 116 Å². The van der Waals surface area contributed by atoms with Crippen molar-refractivity contribution in [2.75, 3.05) is 7.11 Å². The van der Waals surface area contributed by atoms with Crippen LogP contribution in [0.1, 0.15) is 22.7 Å². The molecular formula is C19H16N4O3. The molecule has 1 aromatic heterocycles. The quantitative estimate of drug-likeness (QED) is 0.686. The summed E-state index contributed by atoms with van der Waals surface area (Å²) in [5.41, 5.74) is 13.5. The number of benzene rings is 2. The van der Waals surface area contributed by atoms with Crippen LogP contribution in [0.25, 0.3) is 11.0 Å². The van der Waals surface area contributed by atoms with E-state index in [0.29, 0.717) is 27.8 Å². The van der Waals surface area contributed by atoms with Gasteiger partial charge < -0.3 is 20.6 Å². The van der Waals surface area contributed by atoms with Gasteiger partial charge in [0.2, 0.25) is 5.96 Å². The van der Waals surface area contributed by atoms with Crippen LogP contribution in [-0.2, 0) is 0 Å². The van der Waals surface area contributed by atoms with Crippen molar-refractivity contribution in [1.82, 2.24) is 0 Å². The van der Waals surface area contributed by atoms with Crippen molar-refractivity contribution >= 4 is 22.8 Å². The predicted octanol–water partition coefficient (Wildman–Crippen LogP) is 1.92. The lowest BCUT2D eigenvalue weighted by atomic mass is 9.94. The number of ether oxygens (including phenoxy) is 1. The Morgan fingerprint density at radius 2 is 1.81 bits per heavy atom. The maximum absolute atomic E-state index is 12.8. The summed E-state index contributed by atoms with van der Waals surface area (Å²) in [4.78, 5) is 21.3. The molecule has 1 aliphatic rings. The minimum Gasteiger partial charge on any atom is -0.497 e. The Labute approximate surface area is 148 Å². The van der Waals surface area contributed by atoms with Crippen LogP contribution in [-0.4, -0.2) is 18.9 Å². The van der Waals surface area contributed by atoms with Crippen LogP contribution in [0.15, 0.2) is 67.7 Å². The highest BCUT2D eigenvalue weighted by Gasteiger charge is 2.28. The molecule has 26 heavy (non-hydrogen) atoms. The van der Waals surface area contributed by atoms with E-state index in [0.717, 1.165) is 5.56 Å². The molecule has 1 aliphatic heterocycles. The first-order valence-electron chi connectivity index (χ1n) is 7.96. The Balaban J connectivity index is 2.04. The molecule has 1 unspecified atom stereocenters. The molecule has 4 rings (SSSR count). The summed E-state index contributed by atoms with van der Waals surface area (Å²) in [6.45, 7) is 0. The Bertz CT molecular complexity index is 1110. The molecule has 0 aliphatic carbocycles. The standard InChI is InChI=1S/C19H16N4O3/c1-25-11-8-6-10(7-9-11)16-15-14(17(20)23-19(21)22-16)12-4-2-3-5-13(12)26-18(15)24/h2-9,16H,1H3,(H4,20,21,22,23). The summed E-state index contributed by atoms with van der Waals surface area (Å²) in [5, 5.41) is 0.687. The van der Waals surface area contributed by atoms with Gasteiger partial charge in [0.15, 0.2) is 0 Å². The van der Waals surface area contributed by atoms with E-state index in [1.54, 1.807) is 31.4 Å². The average Bonchev–Trinajstić information content (AvgIpc) is 2.78. The number of guanidine groups is 1. The molecule has 3 aromatic rings. The van der Waals surface area contributed by atoms with E-state index < -0.39 is 11.7 Å². The van der Waals surface area contributed by atoms with Gasteiger partial charge in [0.05, 0.1) is 12.7 Å². The number of nitrogens with two attached hydrogens (primary N) is 2. The first-order valence-corrected chi connectivity index (χ1v) is 7.96. The molecule has 7 nitrogen and oxygen atoms in total. The molecule has 1 atom stereocenters. The molecule has 130 valence electrons. The molecule has 0 saturated carbocycles. The molecule has 4 N–H and O–H groups in total.